The molecule has 1 fully saturated rings. The Bertz CT molecular complexity index is 389. The second-order valence-electron chi connectivity index (χ2n) is 4.07. The first-order chi connectivity index (χ1) is 8.29. The molecule has 0 atom stereocenters. The third kappa shape index (κ3) is 3.17. The van der Waals surface area contributed by atoms with Crippen molar-refractivity contribution in [1.29, 1.82) is 0 Å². The molecule has 1 aliphatic rings. The van der Waals surface area contributed by atoms with Crippen LogP contribution in [0.4, 0.5) is 5.82 Å². The van der Waals surface area contributed by atoms with Crippen LogP contribution in [0, 0.1) is 0 Å². The Labute approximate surface area is 101 Å². The monoisotopic (exact) mass is 235 g/mol. The lowest BCUT2D eigenvalue weighted by molar-refractivity contribution is 0.0594. The second kappa shape index (κ2) is 5.63. The molecule has 2 rings (SSSR count). The highest BCUT2D eigenvalue weighted by Crippen LogP contribution is 2.12. The average molecular weight is 235 g/mol. The Kier molecular flexibility index (Phi) is 3.93. The highest BCUT2D eigenvalue weighted by atomic mass is 16.5. The quantitative estimate of drug-likeness (QED) is 0.766. The van der Waals surface area contributed by atoms with E-state index < -0.39 is 5.97 Å². The molecule has 0 saturated carbocycles. The van der Waals surface area contributed by atoms with Gasteiger partial charge in [-0.2, -0.15) is 0 Å². The lowest BCUT2D eigenvalue weighted by atomic mass is 10.1. The van der Waals surface area contributed by atoms with E-state index in [2.05, 4.69) is 20.4 Å². The van der Waals surface area contributed by atoms with Gasteiger partial charge in [-0.1, -0.05) is 6.07 Å². The Morgan fingerprint density at radius 3 is 2.94 bits per heavy atom. The molecule has 2 heterocycles. The summed E-state index contributed by atoms with van der Waals surface area (Å²) in [5.74, 6) is 0.332. The number of nitrogens with zero attached hydrogens (tertiary/aromatic N) is 1. The van der Waals surface area contributed by atoms with E-state index in [4.69, 9.17) is 0 Å². The van der Waals surface area contributed by atoms with E-state index in [1.807, 2.05) is 12.1 Å². The highest BCUT2D eigenvalue weighted by Gasteiger charge is 2.14. The minimum absolute atomic E-state index is 0.339. The summed E-state index contributed by atoms with van der Waals surface area (Å²) in [5.41, 5.74) is 0.339. The predicted molar refractivity (Wildman–Crippen MR) is 65.1 cm³/mol. The van der Waals surface area contributed by atoms with E-state index in [-0.39, 0.29) is 0 Å². The van der Waals surface area contributed by atoms with E-state index in [1.54, 1.807) is 6.07 Å². The van der Waals surface area contributed by atoms with E-state index >= 15 is 0 Å². The van der Waals surface area contributed by atoms with E-state index in [0.717, 1.165) is 31.7 Å². The summed E-state index contributed by atoms with van der Waals surface area (Å²) in [5, 5.41) is 6.65. The van der Waals surface area contributed by atoms with Crippen molar-refractivity contribution in [3.05, 3.63) is 23.9 Å². The molecule has 0 bridgehead atoms. The Hall–Kier alpha value is -1.62. The molecule has 0 amide bonds. The van der Waals surface area contributed by atoms with E-state index in [1.165, 1.54) is 7.11 Å². The van der Waals surface area contributed by atoms with E-state index in [0.29, 0.717) is 11.7 Å². The number of carbonyl (C=O) groups excluding carboxylic acids is 1. The number of esters is 1. The van der Waals surface area contributed by atoms with Crippen molar-refractivity contribution in [3.8, 4) is 0 Å². The number of nitrogens with one attached hydrogen (secondary N) is 2. The summed E-state index contributed by atoms with van der Waals surface area (Å²) < 4.78 is 4.64. The number of ether oxygens (including phenoxy) is 1. The Morgan fingerprint density at radius 1 is 1.47 bits per heavy atom. The van der Waals surface area contributed by atoms with Gasteiger partial charge in [0.15, 0.2) is 5.69 Å². The van der Waals surface area contributed by atoms with Crippen LogP contribution in [-0.4, -0.2) is 37.2 Å². The minimum Gasteiger partial charge on any atom is -0.464 e. The largest absolute Gasteiger partial charge is 0.464 e. The smallest absolute Gasteiger partial charge is 0.356 e. The summed E-state index contributed by atoms with van der Waals surface area (Å²) in [7, 11) is 1.36. The summed E-state index contributed by atoms with van der Waals surface area (Å²) in [6.07, 6.45) is 2.15. The number of carbonyl (C=O) groups is 1. The first kappa shape index (κ1) is 11.9. The van der Waals surface area contributed by atoms with Crippen LogP contribution in [-0.2, 0) is 4.74 Å². The molecule has 1 aliphatic heterocycles. The molecule has 92 valence electrons. The molecular formula is C12H17N3O2. The predicted octanol–water partition coefficient (Wildman–Crippen LogP) is 1.03. The zero-order valence-corrected chi connectivity index (χ0v) is 9.90. The maximum atomic E-state index is 11.3. The van der Waals surface area contributed by atoms with Crippen molar-refractivity contribution in [3.63, 3.8) is 0 Å². The van der Waals surface area contributed by atoms with Crippen LogP contribution in [0.15, 0.2) is 18.2 Å². The fourth-order valence-electron chi connectivity index (χ4n) is 1.91. The molecule has 5 nitrogen and oxygen atoms in total. The van der Waals surface area contributed by atoms with Crippen molar-refractivity contribution in [2.45, 2.75) is 18.9 Å². The minimum atomic E-state index is -0.404. The van der Waals surface area contributed by atoms with Gasteiger partial charge in [-0.15, -0.1) is 0 Å². The molecule has 0 spiro atoms. The first-order valence-electron chi connectivity index (χ1n) is 5.82. The van der Waals surface area contributed by atoms with Crippen LogP contribution in [0.5, 0.6) is 0 Å². The van der Waals surface area contributed by atoms with Crippen LogP contribution < -0.4 is 10.6 Å². The maximum Gasteiger partial charge on any atom is 0.356 e. The maximum absolute atomic E-state index is 11.3. The SMILES string of the molecule is COC(=O)c1cccc(NC2CCNCC2)n1. The van der Waals surface area contributed by atoms with Crippen molar-refractivity contribution in [2.75, 3.05) is 25.5 Å². The average Bonchev–Trinajstić information content (AvgIpc) is 2.39. The number of piperidine rings is 1. The van der Waals surface area contributed by atoms with Gasteiger partial charge in [0.05, 0.1) is 7.11 Å². The summed E-state index contributed by atoms with van der Waals surface area (Å²) in [4.78, 5) is 15.6. The number of anilines is 1. The van der Waals surface area contributed by atoms with Crippen molar-refractivity contribution < 1.29 is 9.53 Å². The van der Waals surface area contributed by atoms with Crippen LogP contribution in [0.2, 0.25) is 0 Å². The fourth-order valence-corrected chi connectivity index (χ4v) is 1.91. The van der Waals surface area contributed by atoms with Crippen molar-refractivity contribution in [2.24, 2.45) is 0 Å². The topological polar surface area (TPSA) is 63.2 Å². The first-order valence-corrected chi connectivity index (χ1v) is 5.82. The van der Waals surface area contributed by atoms with Gasteiger partial charge >= 0.3 is 5.97 Å². The summed E-state index contributed by atoms with van der Waals surface area (Å²) >= 11 is 0. The standard InChI is InChI=1S/C12H17N3O2/c1-17-12(16)10-3-2-4-11(15-10)14-9-5-7-13-8-6-9/h2-4,9,13H,5-8H2,1H3,(H,14,15). The van der Waals surface area contributed by atoms with Gasteiger partial charge in [-0.3, -0.25) is 0 Å². The highest BCUT2D eigenvalue weighted by molar-refractivity contribution is 5.87. The molecule has 1 aromatic heterocycles. The van der Waals surface area contributed by atoms with Crippen molar-refractivity contribution in [1.82, 2.24) is 10.3 Å². The van der Waals surface area contributed by atoms with Gasteiger partial charge in [-0.05, 0) is 38.1 Å². The lowest BCUT2D eigenvalue weighted by Crippen LogP contribution is -2.35. The second-order valence-corrected chi connectivity index (χ2v) is 4.07. The van der Waals surface area contributed by atoms with Crippen LogP contribution in [0.25, 0.3) is 0 Å². The molecule has 0 aromatic carbocycles. The van der Waals surface area contributed by atoms with Gasteiger partial charge in [0.25, 0.3) is 0 Å². The van der Waals surface area contributed by atoms with Gasteiger partial charge in [0.2, 0.25) is 0 Å². The number of pyridine rings is 1. The van der Waals surface area contributed by atoms with Crippen LogP contribution in [0.3, 0.4) is 0 Å². The molecule has 1 aromatic rings. The molecule has 2 N–H and O–H groups in total. The molecule has 0 aliphatic carbocycles. The fraction of sp³-hybridized carbons (Fsp3) is 0.500. The van der Waals surface area contributed by atoms with Crippen LogP contribution >= 0.6 is 0 Å². The van der Waals surface area contributed by atoms with Gasteiger partial charge in [0.1, 0.15) is 5.82 Å². The molecule has 1 saturated heterocycles. The van der Waals surface area contributed by atoms with Crippen LogP contribution in [0.1, 0.15) is 23.3 Å². The third-order valence-electron chi connectivity index (χ3n) is 2.83. The van der Waals surface area contributed by atoms with Crippen molar-refractivity contribution >= 4 is 11.8 Å². The Balaban J connectivity index is 2.02. The number of hydrogen-bond acceptors (Lipinski definition) is 5. The Morgan fingerprint density at radius 2 is 2.24 bits per heavy atom. The van der Waals surface area contributed by atoms with E-state index in [9.17, 15) is 4.79 Å². The molecule has 0 radical (unpaired) electrons. The number of aromatic nitrogens is 1. The molecule has 0 unspecified atom stereocenters. The van der Waals surface area contributed by atoms with Gasteiger partial charge < -0.3 is 15.4 Å². The summed E-state index contributed by atoms with van der Waals surface area (Å²) in [6, 6.07) is 5.76. The zero-order chi connectivity index (χ0) is 12.1. The lowest BCUT2D eigenvalue weighted by Gasteiger charge is -2.24. The summed E-state index contributed by atoms with van der Waals surface area (Å²) in [6.45, 7) is 2.04. The zero-order valence-electron chi connectivity index (χ0n) is 9.90. The molecular weight excluding hydrogens is 218 g/mol. The van der Waals surface area contributed by atoms with Gasteiger partial charge in [0, 0.05) is 6.04 Å². The van der Waals surface area contributed by atoms with Gasteiger partial charge in [-0.25, -0.2) is 9.78 Å². The number of rotatable bonds is 3. The number of methoxy groups -OCH3 is 1. The number of hydrogen-bond donors (Lipinski definition) is 2. The molecule has 5 heteroatoms. The normalized spacial score (nSPS) is 16.5. The molecule has 17 heavy (non-hydrogen) atoms. The third-order valence-corrected chi connectivity index (χ3v) is 2.83.